The minimum absolute atomic E-state index is 0.0568. The lowest BCUT2D eigenvalue weighted by Gasteiger charge is -1.98. The van der Waals surface area contributed by atoms with E-state index in [1.54, 1.807) is 12.1 Å². The van der Waals surface area contributed by atoms with Crippen LogP contribution in [0.2, 0.25) is 0 Å². The molecule has 0 saturated carbocycles. The van der Waals surface area contributed by atoms with Gasteiger partial charge < -0.3 is 5.73 Å². The molecular weight excluding hydrogens is 285 g/mol. The molecule has 1 aromatic carbocycles. The number of aliphatic imine (C=N–C) groups is 1. The Morgan fingerprint density at radius 1 is 1.67 bits per heavy atom. The Morgan fingerprint density at radius 2 is 2.33 bits per heavy atom. The first-order valence-corrected chi connectivity index (χ1v) is 5.20. The molecule has 0 unspecified atom stereocenters. The predicted octanol–water partition coefficient (Wildman–Crippen LogP) is 2.58. The average Bonchev–Trinajstić information content (AvgIpc) is 2.20. The van der Waals surface area contributed by atoms with Gasteiger partial charge in [-0.3, -0.25) is 10.1 Å². The summed E-state index contributed by atoms with van der Waals surface area (Å²) in [4.78, 5) is 14.0. The van der Waals surface area contributed by atoms with Gasteiger partial charge in [0.1, 0.15) is 5.84 Å². The second kappa shape index (κ2) is 5.09. The molecule has 80 valence electrons. The number of benzene rings is 1. The van der Waals surface area contributed by atoms with E-state index in [2.05, 4.69) is 20.9 Å². The molecule has 0 radical (unpaired) electrons. The highest BCUT2D eigenvalue weighted by Crippen LogP contribution is 2.29. The lowest BCUT2D eigenvalue weighted by Crippen LogP contribution is -2.12. The van der Waals surface area contributed by atoms with Gasteiger partial charge in [-0.15, -0.1) is 11.6 Å². The van der Waals surface area contributed by atoms with Crippen molar-refractivity contribution in [3.8, 4) is 0 Å². The third-order valence-electron chi connectivity index (χ3n) is 1.54. The third-order valence-corrected chi connectivity index (χ3v) is 2.48. The van der Waals surface area contributed by atoms with Gasteiger partial charge in [-0.05, 0) is 28.1 Å². The number of hydrogen-bond acceptors (Lipinski definition) is 3. The predicted molar refractivity (Wildman–Crippen MR) is 62.8 cm³/mol. The minimum atomic E-state index is -0.500. The molecule has 0 aliphatic heterocycles. The fourth-order valence-electron chi connectivity index (χ4n) is 0.906. The Morgan fingerprint density at radius 3 is 2.87 bits per heavy atom. The highest BCUT2D eigenvalue weighted by molar-refractivity contribution is 9.10. The van der Waals surface area contributed by atoms with Crippen molar-refractivity contribution in [1.82, 2.24) is 0 Å². The molecule has 0 atom stereocenters. The average molecular weight is 293 g/mol. The molecule has 0 amide bonds. The first kappa shape index (κ1) is 11.9. The summed E-state index contributed by atoms with van der Waals surface area (Å²) in [7, 11) is 0. The third kappa shape index (κ3) is 3.17. The molecule has 7 heteroatoms. The van der Waals surface area contributed by atoms with Gasteiger partial charge in [-0.25, -0.2) is 4.99 Å². The molecular formula is C8H7BrClN3O2. The summed E-state index contributed by atoms with van der Waals surface area (Å²) in [5.74, 6) is 0.303. The molecule has 0 saturated heterocycles. The zero-order chi connectivity index (χ0) is 11.4. The second-order valence-electron chi connectivity index (χ2n) is 2.63. The Hall–Kier alpha value is -1.14. The quantitative estimate of drug-likeness (QED) is 0.306. The number of amidine groups is 1. The number of halogens is 2. The molecule has 2 N–H and O–H groups in total. The lowest BCUT2D eigenvalue weighted by atomic mass is 10.3. The summed E-state index contributed by atoms with van der Waals surface area (Å²) in [5.41, 5.74) is 5.75. The monoisotopic (exact) mass is 291 g/mol. The molecule has 5 nitrogen and oxygen atoms in total. The first-order chi connectivity index (χ1) is 7.04. The zero-order valence-corrected chi connectivity index (χ0v) is 9.83. The number of rotatable bonds is 3. The number of nitro groups is 1. The van der Waals surface area contributed by atoms with E-state index >= 15 is 0 Å². The van der Waals surface area contributed by atoms with Crippen LogP contribution in [-0.4, -0.2) is 16.6 Å². The van der Waals surface area contributed by atoms with Crippen LogP contribution in [0.3, 0.4) is 0 Å². The molecule has 0 aromatic heterocycles. The van der Waals surface area contributed by atoms with Crippen LogP contribution in [0, 0.1) is 10.1 Å². The summed E-state index contributed by atoms with van der Waals surface area (Å²) in [6, 6.07) is 4.47. The van der Waals surface area contributed by atoms with Gasteiger partial charge >= 0.3 is 0 Å². The van der Waals surface area contributed by atoms with Crippen molar-refractivity contribution in [2.24, 2.45) is 10.7 Å². The maximum absolute atomic E-state index is 10.6. The van der Waals surface area contributed by atoms with E-state index in [1.165, 1.54) is 6.07 Å². The Kier molecular flexibility index (Phi) is 4.05. The Bertz CT molecular complexity index is 422. The van der Waals surface area contributed by atoms with E-state index in [0.29, 0.717) is 10.2 Å². The highest BCUT2D eigenvalue weighted by atomic mass is 79.9. The maximum atomic E-state index is 10.6. The van der Waals surface area contributed by atoms with E-state index in [4.69, 9.17) is 17.3 Å². The van der Waals surface area contributed by atoms with Crippen molar-refractivity contribution < 1.29 is 4.92 Å². The standard InChI is InChI=1S/C8H7BrClN3O2/c9-6-2-1-5(12-8(11)4-10)3-7(6)13(14)15/h1-3H,4H2,(H2,11,12). The summed E-state index contributed by atoms with van der Waals surface area (Å²) in [6.45, 7) is 0. The van der Waals surface area contributed by atoms with Gasteiger partial charge in [0, 0.05) is 6.07 Å². The number of nitrogens with zero attached hydrogens (tertiary/aromatic N) is 2. The molecule has 0 aliphatic carbocycles. The Labute approximate surface area is 99.2 Å². The molecule has 0 heterocycles. The van der Waals surface area contributed by atoms with E-state index in [0.717, 1.165) is 0 Å². The van der Waals surface area contributed by atoms with Crippen molar-refractivity contribution in [3.63, 3.8) is 0 Å². The van der Waals surface area contributed by atoms with Crippen molar-refractivity contribution in [2.45, 2.75) is 0 Å². The lowest BCUT2D eigenvalue weighted by molar-refractivity contribution is -0.385. The van der Waals surface area contributed by atoms with E-state index in [1.807, 2.05) is 0 Å². The van der Waals surface area contributed by atoms with E-state index in [-0.39, 0.29) is 17.4 Å². The normalized spacial score (nSPS) is 11.5. The molecule has 1 aromatic rings. The van der Waals surface area contributed by atoms with Gasteiger partial charge in [0.15, 0.2) is 0 Å². The van der Waals surface area contributed by atoms with E-state index in [9.17, 15) is 10.1 Å². The molecule has 1 rings (SSSR count). The first-order valence-electron chi connectivity index (χ1n) is 3.87. The summed E-state index contributed by atoms with van der Waals surface area (Å²) >= 11 is 8.50. The fourth-order valence-corrected chi connectivity index (χ4v) is 1.36. The van der Waals surface area contributed by atoms with Gasteiger partial charge in [0.25, 0.3) is 5.69 Å². The number of nitro benzene ring substituents is 1. The Balaban J connectivity index is 3.13. The van der Waals surface area contributed by atoms with Crippen LogP contribution in [-0.2, 0) is 0 Å². The van der Waals surface area contributed by atoms with Gasteiger partial charge in [-0.2, -0.15) is 0 Å². The van der Waals surface area contributed by atoms with Gasteiger partial charge in [0.2, 0.25) is 0 Å². The minimum Gasteiger partial charge on any atom is -0.386 e. The van der Waals surface area contributed by atoms with Crippen LogP contribution >= 0.6 is 27.5 Å². The van der Waals surface area contributed by atoms with Crippen molar-refractivity contribution in [1.29, 1.82) is 0 Å². The molecule has 0 bridgehead atoms. The fraction of sp³-hybridized carbons (Fsp3) is 0.125. The summed E-state index contributed by atoms with van der Waals surface area (Å²) in [5, 5.41) is 10.6. The molecule has 0 fully saturated rings. The smallest absolute Gasteiger partial charge is 0.285 e. The SMILES string of the molecule is NC(CCl)=Nc1ccc(Br)c([N+](=O)[O-])c1. The molecule has 15 heavy (non-hydrogen) atoms. The topological polar surface area (TPSA) is 81.5 Å². The highest BCUT2D eigenvalue weighted by Gasteiger charge is 2.11. The maximum Gasteiger partial charge on any atom is 0.285 e. The number of hydrogen-bond donors (Lipinski definition) is 1. The van der Waals surface area contributed by atoms with Crippen LogP contribution in [0.1, 0.15) is 0 Å². The van der Waals surface area contributed by atoms with Crippen molar-refractivity contribution in [2.75, 3.05) is 5.88 Å². The summed E-state index contributed by atoms with van der Waals surface area (Å²) in [6.07, 6.45) is 0. The van der Waals surface area contributed by atoms with Crippen LogP contribution in [0.25, 0.3) is 0 Å². The van der Waals surface area contributed by atoms with Crippen molar-refractivity contribution >= 4 is 44.7 Å². The van der Waals surface area contributed by atoms with Crippen LogP contribution < -0.4 is 5.73 Å². The van der Waals surface area contributed by atoms with Gasteiger partial charge in [-0.1, -0.05) is 0 Å². The zero-order valence-electron chi connectivity index (χ0n) is 7.48. The molecule has 0 spiro atoms. The van der Waals surface area contributed by atoms with Crippen LogP contribution in [0.4, 0.5) is 11.4 Å². The molecule has 0 aliphatic rings. The number of nitrogens with two attached hydrogens (primary N) is 1. The van der Waals surface area contributed by atoms with Gasteiger partial charge in [0.05, 0.1) is 21.0 Å². The van der Waals surface area contributed by atoms with Crippen LogP contribution in [0.5, 0.6) is 0 Å². The number of alkyl halides is 1. The van der Waals surface area contributed by atoms with E-state index < -0.39 is 4.92 Å². The van der Waals surface area contributed by atoms with Crippen molar-refractivity contribution in [3.05, 3.63) is 32.8 Å². The van der Waals surface area contributed by atoms with Crippen LogP contribution in [0.15, 0.2) is 27.7 Å². The largest absolute Gasteiger partial charge is 0.386 e. The summed E-state index contributed by atoms with van der Waals surface area (Å²) < 4.78 is 0.399. The second-order valence-corrected chi connectivity index (χ2v) is 3.75.